The van der Waals surface area contributed by atoms with Crippen LogP contribution in [0.2, 0.25) is 0 Å². The number of nitrogens with zero attached hydrogens (tertiary/aromatic N) is 5. The van der Waals surface area contributed by atoms with E-state index in [1.165, 1.54) is 8.99 Å². The zero-order chi connectivity index (χ0) is 22.3. The fourth-order valence-corrected chi connectivity index (χ4v) is 5.94. The average molecular weight is 448 g/mol. The van der Waals surface area contributed by atoms with Gasteiger partial charge in [0.15, 0.2) is 0 Å². The lowest BCUT2D eigenvalue weighted by Crippen LogP contribution is -2.35. The molecule has 2 aromatic rings. The van der Waals surface area contributed by atoms with Crippen molar-refractivity contribution in [1.29, 1.82) is 0 Å². The third-order valence-corrected chi connectivity index (χ3v) is 7.91. The van der Waals surface area contributed by atoms with Crippen molar-refractivity contribution in [3.05, 3.63) is 45.3 Å². The molecule has 0 saturated carbocycles. The lowest BCUT2D eigenvalue weighted by molar-refractivity contribution is -0.386. The Kier molecular flexibility index (Phi) is 5.56. The Morgan fingerprint density at radius 2 is 1.87 bits per heavy atom. The van der Waals surface area contributed by atoms with Crippen LogP contribution in [0.15, 0.2) is 23.1 Å². The molecular formula is C20H25N5O5S. The molecule has 166 valence electrons. The second kappa shape index (κ2) is 8.04. The van der Waals surface area contributed by atoms with Gasteiger partial charge in [-0.15, -0.1) is 0 Å². The fourth-order valence-electron chi connectivity index (χ4n) is 4.37. The SMILES string of the molecule is Cc1nn(CC(=O)N2CCc3cc(S(=O)(=O)N4CCCCC4)ccc32)c(C)c1[N+](=O)[O-]. The van der Waals surface area contributed by atoms with Crippen LogP contribution in [-0.4, -0.2) is 53.0 Å². The van der Waals surface area contributed by atoms with Crippen molar-refractivity contribution in [2.75, 3.05) is 24.5 Å². The predicted octanol–water partition coefficient (Wildman–Crippen LogP) is 2.17. The molecule has 4 rings (SSSR count). The van der Waals surface area contributed by atoms with E-state index < -0.39 is 14.9 Å². The second-order valence-electron chi connectivity index (χ2n) is 7.98. The van der Waals surface area contributed by atoms with Crippen LogP contribution in [-0.2, 0) is 27.8 Å². The van der Waals surface area contributed by atoms with Gasteiger partial charge in [0.1, 0.15) is 17.9 Å². The average Bonchev–Trinajstić information content (AvgIpc) is 3.28. The van der Waals surface area contributed by atoms with Crippen molar-refractivity contribution in [1.82, 2.24) is 14.1 Å². The molecule has 0 atom stereocenters. The molecule has 1 fully saturated rings. The van der Waals surface area contributed by atoms with E-state index in [4.69, 9.17) is 0 Å². The van der Waals surface area contributed by atoms with Gasteiger partial charge < -0.3 is 4.90 Å². The Bertz CT molecular complexity index is 1150. The van der Waals surface area contributed by atoms with Gasteiger partial charge >= 0.3 is 5.69 Å². The summed E-state index contributed by atoms with van der Waals surface area (Å²) >= 11 is 0. The zero-order valence-corrected chi connectivity index (χ0v) is 18.4. The highest BCUT2D eigenvalue weighted by Gasteiger charge is 2.31. The summed E-state index contributed by atoms with van der Waals surface area (Å²) in [5.74, 6) is -0.245. The molecule has 0 bridgehead atoms. The molecule has 0 N–H and O–H groups in total. The standard InChI is InChI=1S/C20H25N5O5S/c1-14-20(25(27)28)15(2)24(21-14)13-19(26)23-11-8-16-12-17(6-7-18(16)23)31(29,30)22-9-4-3-5-10-22/h6-7,12H,3-5,8-11,13H2,1-2H3. The van der Waals surface area contributed by atoms with Crippen LogP contribution in [0.3, 0.4) is 0 Å². The minimum atomic E-state index is -3.53. The van der Waals surface area contributed by atoms with Gasteiger partial charge in [0.25, 0.3) is 0 Å². The summed E-state index contributed by atoms with van der Waals surface area (Å²) in [4.78, 5) is 25.5. The van der Waals surface area contributed by atoms with E-state index in [1.807, 2.05) is 0 Å². The Morgan fingerprint density at radius 3 is 2.52 bits per heavy atom. The summed E-state index contributed by atoms with van der Waals surface area (Å²) in [6, 6.07) is 4.91. The molecule has 3 heterocycles. The van der Waals surface area contributed by atoms with Gasteiger partial charge in [-0.1, -0.05) is 6.42 Å². The molecule has 31 heavy (non-hydrogen) atoms. The summed E-state index contributed by atoms with van der Waals surface area (Å²) in [6.45, 7) is 4.51. The van der Waals surface area contributed by atoms with Gasteiger partial charge in [0, 0.05) is 25.3 Å². The highest BCUT2D eigenvalue weighted by Crippen LogP contribution is 2.32. The highest BCUT2D eigenvalue weighted by atomic mass is 32.2. The first-order valence-electron chi connectivity index (χ1n) is 10.3. The van der Waals surface area contributed by atoms with Gasteiger partial charge in [-0.25, -0.2) is 8.42 Å². The Balaban J connectivity index is 1.55. The highest BCUT2D eigenvalue weighted by molar-refractivity contribution is 7.89. The van der Waals surface area contributed by atoms with Gasteiger partial charge in [0.2, 0.25) is 15.9 Å². The van der Waals surface area contributed by atoms with E-state index in [-0.39, 0.29) is 28.7 Å². The Labute approximate surface area is 180 Å². The number of sulfonamides is 1. The van der Waals surface area contributed by atoms with Crippen LogP contribution in [0.1, 0.15) is 36.2 Å². The molecule has 1 aromatic carbocycles. The quantitative estimate of drug-likeness (QED) is 0.512. The third-order valence-electron chi connectivity index (χ3n) is 6.01. The monoisotopic (exact) mass is 447 g/mol. The summed E-state index contributed by atoms with van der Waals surface area (Å²) < 4.78 is 28.8. The van der Waals surface area contributed by atoms with Crippen LogP contribution in [0, 0.1) is 24.0 Å². The molecule has 1 saturated heterocycles. The number of hydrogen-bond donors (Lipinski definition) is 0. The van der Waals surface area contributed by atoms with Crippen LogP contribution >= 0.6 is 0 Å². The maximum absolute atomic E-state index is 12.9. The van der Waals surface area contributed by atoms with E-state index in [1.54, 1.807) is 36.9 Å². The van der Waals surface area contributed by atoms with Gasteiger partial charge in [0.05, 0.1) is 9.82 Å². The summed E-state index contributed by atoms with van der Waals surface area (Å²) in [7, 11) is -3.53. The second-order valence-corrected chi connectivity index (χ2v) is 9.92. The number of anilines is 1. The van der Waals surface area contributed by atoms with Crippen molar-refractivity contribution in [3.63, 3.8) is 0 Å². The van der Waals surface area contributed by atoms with Crippen molar-refractivity contribution < 1.29 is 18.1 Å². The van der Waals surface area contributed by atoms with Crippen LogP contribution in [0.5, 0.6) is 0 Å². The molecule has 0 spiro atoms. The first-order valence-corrected chi connectivity index (χ1v) is 11.8. The van der Waals surface area contributed by atoms with E-state index in [2.05, 4.69) is 5.10 Å². The normalized spacial score (nSPS) is 17.0. The molecule has 1 amide bonds. The van der Waals surface area contributed by atoms with E-state index in [0.29, 0.717) is 37.4 Å². The maximum Gasteiger partial charge on any atom is 0.312 e. The van der Waals surface area contributed by atoms with Gasteiger partial charge in [-0.2, -0.15) is 9.40 Å². The number of amides is 1. The third kappa shape index (κ3) is 3.83. The topological polar surface area (TPSA) is 119 Å². The molecule has 11 heteroatoms. The van der Waals surface area contributed by atoms with E-state index in [0.717, 1.165) is 24.8 Å². The number of rotatable bonds is 5. The smallest absolute Gasteiger partial charge is 0.310 e. The van der Waals surface area contributed by atoms with Crippen LogP contribution in [0.4, 0.5) is 11.4 Å². The Morgan fingerprint density at radius 1 is 1.16 bits per heavy atom. The molecule has 0 radical (unpaired) electrons. The minimum absolute atomic E-state index is 0.0813. The first kappa shape index (κ1) is 21.4. The summed E-state index contributed by atoms with van der Waals surface area (Å²) in [5.41, 5.74) is 2.01. The maximum atomic E-state index is 12.9. The van der Waals surface area contributed by atoms with Crippen molar-refractivity contribution in [3.8, 4) is 0 Å². The number of carbonyl (C=O) groups is 1. The van der Waals surface area contributed by atoms with Crippen molar-refractivity contribution in [2.24, 2.45) is 0 Å². The van der Waals surface area contributed by atoms with Crippen LogP contribution in [0.25, 0.3) is 0 Å². The number of fused-ring (bicyclic) bond motifs is 1. The number of benzene rings is 1. The van der Waals surface area contributed by atoms with Gasteiger partial charge in [-0.3, -0.25) is 19.6 Å². The molecule has 10 nitrogen and oxygen atoms in total. The van der Waals surface area contributed by atoms with E-state index in [9.17, 15) is 23.3 Å². The largest absolute Gasteiger partial charge is 0.312 e. The summed E-state index contributed by atoms with van der Waals surface area (Å²) in [5, 5.41) is 15.3. The number of carbonyl (C=O) groups excluding carboxylic acids is 1. The zero-order valence-electron chi connectivity index (χ0n) is 17.6. The lowest BCUT2D eigenvalue weighted by Gasteiger charge is -2.26. The molecular weight excluding hydrogens is 422 g/mol. The first-order chi connectivity index (χ1) is 14.7. The Hall–Kier alpha value is -2.79. The number of nitro groups is 1. The molecule has 0 aliphatic carbocycles. The minimum Gasteiger partial charge on any atom is -0.310 e. The van der Waals surface area contributed by atoms with Crippen LogP contribution < -0.4 is 4.90 Å². The van der Waals surface area contributed by atoms with Crippen molar-refractivity contribution >= 4 is 27.3 Å². The fraction of sp³-hybridized carbons (Fsp3) is 0.500. The lowest BCUT2D eigenvalue weighted by atomic mass is 10.2. The molecule has 0 unspecified atom stereocenters. The molecule has 2 aliphatic rings. The molecule has 2 aliphatic heterocycles. The van der Waals surface area contributed by atoms with Gasteiger partial charge in [-0.05, 0) is 56.9 Å². The summed E-state index contributed by atoms with van der Waals surface area (Å²) in [6.07, 6.45) is 3.35. The molecule has 1 aromatic heterocycles. The number of piperidine rings is 1. The predicted molar refractivity (Wildman–Crippen MR) is 113 cm³/mol. The number of aryl methyl sites for hydroxylation is 1. The van der Waals surface area contributed by atoms with E-state index >= 15 is 0 Å². The van der Waals surface area contributed by atoms with Crippen molar-refractivity contribution in [2.45, 2.75) is 51.0 Å². The number of hydrogen-bond acceptors (Lipinski definition) is 6. The number of aromatic nitrogens is 2.